The van der Waals surface area contributed by atoms with Crippen LogP contribution in [0.3, 0.4) is 0 Å². The lowest BCUT2D eigenvalue weighted by atomic mass is 9.94. The van der Waals surface area contributed by atoms with Gasteiger partial charge in [-0.15, -0.1) is 22.7 Å². The molecule has 0 saturated heterocycles. The first-order chi connectivity index (χ1) is 20.9. The van der Waals surface area contributed by atoms with E-state index < -0.39 is 0 Å². The van der Waals surface area contributed by atoms with Gasteiger partial charge in [0.05, 0.1) is 24.0 Å². The Labute approximate surface area is 257 Å². The van der Waals surface area contributed by atoms with E-state index >= 15 is 0 Å². The number of aromatic nitrogens is 2. The molecule has 5 aromatic rings. The van der Waals surface area contributed by atoms with Crippen LogP contribution in [0.4, 0.5) is 4.39 Å². The predicted octanol–water partition coefficient (Wildman–Crippen LogP) is 7.40. The monoisotopic (exact) mass is 610 g/mol. The molecule has 9 heteroatoms. The van der Waals surface area contributed by atoms with Crippen LogP contribution in [0.1, 0.15) is 35.5 Å². The number of hydrogen-bond acceptors (Lipinski definition) is 7. The number of carbonyl (C=O) groups is 1. The van der Waals surface area contributed by atoms with E-state index in [2.05, 4.69) is 41.5 Å². The van der Waals surface area contributed by atoms with Crippen LogP contribution >= 0.6 is 22.7 Å². The molecule has 43 heavy (non-hydrogen) atoms. The van der Waals surface area contributed by atoms with Crippen molar-refractivity contribution in [3.05, 3.63) is 88.0 Å². The highest BCUT2D eigenvalue weighted by atomic mass is 32.1. The molecule has 218 valence electrons. The lowest BCUT2D eigenvalue weighted by Crippen LogP contribution is -2.34. The van der Waals surface area contributed by atoms with Crippen LogP contribution in [0, 0.1) is 5.82 Å². The molecule has 0 atom stereocenters. The van der Waals surface area contributed by atoms with Crippen LogP contribution < -0.4 is 10.1 Å². The number of benzene rings is 2. The molecule has 0 spiro atoms. The molecule has 0 bridgehead atoms. The van der Waals surface area contributed by atoms with Crippen LogP contribution in [0.2, 0.25) is 0 Å². The molecule has 3 aromatic heterocycles. The van der Waals surface area contributed by atoms with E-state index in [1.54, 1.807) is 33.6 Å². The van der Waals surface area contributed by atoms with E-state index in [1.165, 1.54) is 29.3 Å². The molecule has 0 aliphatic carbocycles. The zero-order chi connectivity index (χ0) is 29.7. The molecule has 0 fully saturated rings. The van der Waals surface area contributed by atoms with Gasteiger partial charge in [-0.1, -0.05) is 18.7 Å². The Morgan fingerprint density at radius 1 is 1.12 bits per heavy atom. The van der Waals surface area contributed by atoms with Gasteiger partial charge in [0.25, 0.3) is 0 Å². The number of rotatable bonds is 6. The van der Waals surface area contributed by atoms with E-state index in [9.17, 15) is 9.18 Å². The minimum atomic E-state index is -0.354. The van der Waals surface area contributed by atoms with Gasteiger partial charge >= 0.3 is 0 Å². The molecule has 0 saturated carbocycles. The fourth-order valence-corrected chi connectivity index (χ4v) is 8.02. The Kier molecular flexibility index (Phi) is 7.33. The Morgan fingerprint density at radius 2 is 2.00 bits per heavy atom. The lowest BCUT2D eigenvalue weighted by Gasteiger charge is -2.24. The maximum Gasteiger partial charge on any atom is 0.246 e. The van der Waals surface area contributed by atoms with Gasteiger partial charge in [-0.2, -0.15) is 0 Å². The van der Waals surface area contributed by atoms with E-state index in [0.717, 1.165) is 73.3 Å². The zero-order valence-corrected chi connectivity index (χ0v) is 25.7. The fraction of sp³-hybridized carbons (Fsp3) is 0.265. The highest BCUT2D eigenvalue weighted by Crippen LogP contribution is 2.47. The minimum Gasteiger partial charge on any atom is -0.490 e. The Hall–Kier alpha value is -3.92. The molecule has 7 rings (SSSR count). The fourth-order valence-electron chi connectivity index (χ4n) is 5.94. The molecule has 5 heterocycles. The van der Waals surface area contributed by atoms with E-state index in [-0.39, 0.29) is 17.8 Å². The maximum atomic E-state index is 14.6. The lowest BCUT2D eigenvalue weighted by molar-refractivity contribution is -0.126. The van der Waals surface area contributed by atoms with Crippen molar-refractivity contribution in [3.8, 4) is 38.8 Å². The van der Waals surface area contributed by atoms with Crippen molar-refractivity contribution in [2.24, 2.45) is 0 Å². The number of thiazole rings is 1. The van der Waals surface area contributed by atoms with Crippen molar-refractivity contribution < 1.29 is 13.9 Å². The van der Waals surface area contributed by atoms with E-state index in [0.29, 0.717) is 25.3 Å². The summed E-state index contributed by atoms with van der Waals surface area (Å²) in [4.78, 5) is 25.7. The van der Waals surface area contributed by atoms with Crippen LogP contribution in [0.25, 0.3) is 43.2 Å². The number of amides is 1. The third-order valence-electron chi connectivity index (χ3n) is 7.97. The number of carbonyl (C=O) groups excluding carboxylic acids is 1. The number of halogens is 1. The van der Waals surface area contributed by atoms with Gasteiger partial charge in [0.2, 0.25) is 5.91 Å². The standard InChI is InChI=1S/C34H31FN4O2S2/c1-4-29(40)39-13-10-26-28(18-39)43-34(37-26)32-30(24-8-7-23(35)16-27(24)41-19(2)3)33-25(11-14-42-33)31(38-32)21-5-6-22-17-36-12-9-20(22)15-21/h4-8,11,14-16,19,36H,1,9-10,12-13,17-18H2,2-3H3. The highest BCUT2D eigenvalue weighted by molar-refractivity contribution is 7.18. The van der Waals surface area contributed by atoms with Gasteiger partial charge in [-0.25, -0.2) is 14.4 Å². The van der Waals surface area contributed by atoms with Gasteiger partial charge in [-0.3, -0.25) is 4.79 Å². The molecule has 1 N–H and O–H groups in total. The predicted molar refractivity (Wildman–Crippen MR) is 172 cm³/mol. The number of fused-ring (bicyclic) bond motifs is 3. The number of nitrogens with one attached hydrogen (secondary N) is 1. The second kappa shape index (κ2) is 11.3. The van der Waals surface area contributed by atoms with Gasteiger partial charge < -0.3 is 15.0 Å². The second-order valence-corrected chi connectivity index (χ2v) is 13.2. The van der Waals surface area contributed by atoms with E-state index in [4.69, 9.17) is 14.7 Å². The van der Waals surface area contributed by atoms with E-state index in [1.807, 2.05) is 13.8 Å². The van der Waals surface area contributed by atoms with Crippen molar-refractivity contribution in [1.82, 2.24) is 20.2 Å². The summed E-state index contributed by atoms with van der Waals surface area (Å²) in [6.45, 7) is 10.5. The molecule has 0 unspecified atom stereocenters. The number of thiophene rings is 1. The van der Waals surface area contributed by atoms with Crippen molar-refractivity contribution in [1.29, 1.82) is 0 Å². The average Bonchev–Trinajstić information content (AvgIpc) is 3.67. The Morgan fingerprint density at radius 3 is 2.84 bits per heavy atom. The summed E-state index contributed by atoms with van der Waals surface area (Å²) in [5, 5.41) is 7.37. The summed E-state index contributed by atoms with van der Waals surface area (Å²) >= 11 is 3.21. The number of hydrogen-bond donors (Lipinski definition) is 1. The topological polar surface area (TPSA) is 67.4 Å². The molecule has 6 nitrogen and oxygen atoms in total. The van der Waals surface area contributed by atoms with Gasteiger partial charge in [0, 0.05) is 57.2 Å². The average molecular weight is 611 g/mol. The third kappa shape index (κ3) is 5.15. The van der Waals surface area contributed by atoms with Crippen molar-refractivity contribution in [2.45, 2.75) is 45.9 Å². The smallest absolute Gasteiger partial charge is 0.246 e. The summed E-state index contributed by atoms with van der Waals surface area (Å²) in [7, 11) is 0. The summed E-state index contributed by atoms with van der Waals surface area (Å²) in [6.07, 6.45) is 2.88. The molecule has 1 amide bonds. The van der Waals surface area contributed by atoms with Crippen LogP contribution in [0.15, 0.2) is 60.5 Å². The zero-order valence-electron chi connectivity index (χ0n) is 24.1. The van der Waals surface area contributed by atoms with Crippen LogP contribution in [-0.2, 0) is 30.7 Å². The number of ether oxygens (including phenoxy) is 1. The first-order valence-electron chi connectivity index (χ1n) is 14.5. The second-order valence-electron chi connectivity index (χ2n) is 11.2. The van der Waals surface area contributed by atoms with Crippen molar-refractivity contribution >= 4 is 38.7 Å². The molecular formula is C34H31FN4O2S2. The molecule has 2 aliphatic heterocycles. The Balaban J connectivity index is 1.47. The summed E-state index contributed by atoms with van der Waals surface area (Å²) in [5.41, 5.74) is 8.04. The van der Waals surface area contributed by atoms with Crippen molar-refractivity contribution in [3.63, 3.8) is 0 Å². The maximum absolute atomic E-state index is 14.6. The van der Waals surface area contributed by atoms with Crippen LogP contribution in [0.5, 0.6) is 5.75 Å². The van der Waals surface area contributed by atoms with Gasteiger partial charge in [0.1, 0.15) is 22.3 Å². The quantitative estimate of drug-likeness (QED) is 0.203. The first kappa shape index (κ1) is 27.9. The summed E-state index contributed by atoms with van der Waals surface area (Å²) in [6, 6.07) is 13.5. The third-order valence-corrected chi connectivity index (χ3v) is 9.99. The SMILES string of the molecule is C=CC(=O)N1CCc2nc(-c3nc(-c4ccc5c(c4)CCNC5)c4ccsc4c3-c3ccc(F)cc3OC(C)C)sc2C1. The highest BCUT2D eigenvalue weighted by Gasteiger charge is 2.28. The molecule has 2 aromatic carbocycles. The first-order valence-corrected chi connectivity index (χ1v) is 16.2. The molecule has 0 radical (unpaired) electrons. The largest absolute Gasteiger partial charge is 0.490 e. The number of pyridine rings is 1. The van der Waals surface area contributed by atoms with Crippen LogP contribution in [-0.4, -0.2) is 40.0 Å². The van der Waals surface area contributed by atoms with Gasteiger partial charge in [0.15, 0.2) is 0 Å². The normalized spacial score (nSPS) is 14.6. The minimum absolute atomic E-state index is 0.0777. The summed E-state index contributed by atoms with van der Waals surface area (Å²) in [5.74, 6) is 0.0464. The number of nitrogens with zero attached hydrogens (tertiary/aromatic N) is 3. The Bertz CT molecular complexity index is 1890. The van der Waals surface area contributed by atoms with Crippen molar-refractivity contribution in [2.75, 3.05) is 13.1 Å². The van der Waals surface area contributed by atoms with Gasteiger partial charge in [-0.05, 0) is 73.7 Å². The molecular weight excluding hydrogens is 580 g/mol. The molecule has 2 aliphatic rings. The summed E-state index contributed by atoms with van der Waals surface area (Å²) < 4.78 is 21.8.